The Balaban J connectivity index is 0.00000180. The molecular formula is C18H18ClN7S. The third-order valence-electron chi connectivity index (χ3n) is 4.44. The summed E-state index contributed by atoms with van der Waals surface area (Å²) in [6, 6.07) is 10.4. The highest BCUT2D eigenvalue weighted by Gasteiger charge is 2.17. The second-order valence-corrected chi connectivity index (χ2v) is 7.40. The van der Waals surface area contributed by atoms with Crippen molar-refractivity contribution in [2.75, 3.05) is 6.54 Å². The summed E-state index contributed by atoms with van der Waals surface area (Å²) in [5.74, 6) is 0.845. The van der Waals surface area contributed by atoms with Gasteiger partial charge >= 0.3 is 0 Å². The first kappa shape index (κ1) is 17.8. The molecule has 0 bridgehead atoms. The summed E-state index contributed by atoms with van der Waals surface area (Å²) in [6.07, 6.45) is 3.78. The molecule has 0 radical (unpaired) electrons. The third-order valence-corrected chi connectivity index (χ3v) is 5.32. The predicted molar refractivity (Wildman–Crippen MR) is 107 cm³/mol. The third kappa shape index (κ3) is 3.27. The highest BCUT2D eigenvalue weighted by molar-refractivity contribution is 7.14. The molecule has 0 saturated heterocycles. The van der Waals surface area contributed by atoms with Crippen LogP contribution >= 0.6 is 23.7 Å². The van der Waals surface area contributed by atoms with Gasteiger partial charge in [0.05, 0.1) is 12.2 Å². The minimum Gasteiger partial charge on any atom is -0.309 e. The lowest BCUT2D eigenvalue weighted by Crippen LogP contribution is -2.28. The molecule has 3 aromatic heterocycles. The van der Waals surface area contributed by atoms with E-state index >= 15 is 0 Å². The summed E-state index contributed by atoms with van der Waals surface area (Å²) < 4.78 is 4.13. The van der Waals surface area contributed by atoms with Gasteiger partial charge in [-0.3, -0.25) is 9.25 Å². The fourth-order valence-corrected chi connectivity index (χ4v) is 3.89. The fraction of sp³-hybridized carbons (Fsp3) is 0.222. The molecule has 4 heterocycles. The molecule has 5 rings (SSSR count). The van der Waals surface area contributed by atoms with Crippen molar-refractivity contribution in [1.82, 2.24) is 34.8 Å². The zero-order chi connectivity index (χ0) is 17.5. The van der Waals surface area contributed by atoms with E-state index in [-0.39, 0.29) is 12.4 Å². The first-order valence-electron chi connectivity index (χ1n) is 8.50. The summed E-state index contributed by atoms with van der Waals surface area (Å²) in [4.78, 5) is 4.55. The molecule has 9 heteroatoms. The monoisotopic (exact) mass is 399 g/mol. The van der Waals surface area contributed by atoms with Gasteiger partial charge in [-0.15, -0.1) is 22.6 Å². The van der Waals surface area contributed by atoms with Gasteiger partial charge in [-0.1, -0.05) is 23.5 Å². The molecule has 0 aliphatic carbocycles. The van der Waals surface area contributed by atoms with E-state index in [0.717, 1.165) is 52.4 Å². The van der Waals surface area contributed by atoms with E-state index in [1.54, 1.807) is 11.3 Å². The van der Waals surface area contributed by atoms with Crippen LogP contribution in [0.1, 0.15) is 10.7 Å². The lowest BCUT2D eigenvalue weighted by molar-refractivity contribution is 0.476. The Labute approximate surface area is 166 Å². The highest BCUT2D eigenvalue weighted by Crippen LogP contribution is 2.27. The van der Waals surface area contributed by atoms with E-state index in [0.29, 0.717) is 0 Å². The molecule has 4 aromatic rings. The van der Waals surface area contributed by atoms with E-state index in [9.17, 15) is 0 Å². The molecule has 0 unspecified atom stereocenters. The number of hydrogen-bond donors (Lipinski definition) is 1. The molecule has 138 valence electrons. The topological polar surface area (TPSA) is 73.5 Å². The van der Waals surface area contributed by atoms with Crippen LogP contribution in [0.3, 0.4) is 0 Å². The summed E-state index contributed by atoms with van der Waals surface area (Å²) in [6.45, 7) is 4.65. The van der Waals surface area contributed by atoms with Gasteiger partial charge in [0.2, 0.25) is 0 Å². The minimum absolute atomic E-state index is 0. The maximum absolute atomic E-state index is 4.74. The van der Waals surface area contributed by atoms with Crippen LogP contribution in [0.2, 0.25) is 0 Å². The minimum atomic E-state index is 0. The number of aromatic nitrogens is 6. The summed E-state index contributed by atoms with van der Waals surface area (Å²) in [5, 5.41) is 18.4. The molecule has 1 aromatic carbocycles. The Bertz CT molecular complexity index is 1060. The predicted octanol–water partition coefficient (Wildman–Crippen LogP) is 3.09. The van der Waals surface area contributed by atoms with E-state index in [1.165, 1.54) is 5.69 Å². The van der Waals surface area contributed by atoms with Gasteiger partial charge in [-0.05, 0) is 25.1 Å². The maximum atomic E-state index is 4.74. The molecule has 1 aliphatic heterocycles. The molecule has 1 aliphatic rings. The Morgan fingerprint density at radius 2 is 2.11 bits per heavy atom. The largest absolute Gasteiger partial charge is 0.309 e. The molecule has 27 heavy (non-hydrogen) atoms. The van der Waals surface area contributed by atoms with E-state index in [1.807, 2.05) is 25.4 Å². The van der Waals surface area contributed by atoms with Crippen LogP contribution in [0, 0.1) is 6.92 Å². The fourth-order valence-electron chi connectivity index (χ4n) is 3.21. The van der Waals surface area contributed by atoms with Crippen LogP contribution in [0.5, 0.6) is 0 Å². The highest BCUT2D eigenvalue weighted by atomic mass is 35.5. The standard InChI is InChI=1S/C18H17N7S.ClH/c1-12-21-22-18(26-12)13-3-2-4-14(9-13)24-7-6-20-17(24)16-10-15-11-19-5-8-25(15)23-16;/h2-4,6-7,9-10,19H,5,8,11H2,1H3;1H. The number of rotatable bonds is 3. The second-order valence-electron chi connectivity index (χ2n) is 6.22. The Kier molecular flexibility index (Phi) is 4.77. The van der Waals surface area contributed by atoms with Crippen LogP contribution in [0.25, 0.3) is 27.8 Å². The lowest BCUT2D eigenvalue weighted by Gasteiger charge is -2.13. The second kappa shape index (κ2) is 7.22. The van der Waals surface area contributed by atoms with Crippen LogP contribution in [0.15, 0.2) is 42.7 Å². The van der Waals surface area contributed by atoms with Crippen LogP contribution in [-0.4, -0.2) is 36.1 Å². The quantitative estimate of drug-likeness (QED) is 0.573. The van der Waals surface area contributed by atoms with Crippen LogP contribution < -0.4 is 5.32 Å². The SMILES string of the molecule is Cc1nnc(-c2cccc(-n3ccnc3-c3cc4n(n3)CCNC4)c2)s1.Cl. The van der Waals surface area contributed by atoms with E-state index in [2.05, 4.69) is 54.0 Å². The van der Waals surface area contributed by atoms with Crippen molar-refractivity contribution in [2.24, 2.45) is 0 Å². The van der Waals surface area contributed by atoms with Gasteiger partial charge < -0.3 is 5.32 Å². The average molecular weight is 400 g/mol. The van der Waals surface area contributed by atoms with Crippen molar-refractivity contribution in [3.8, 4) is 27.8 Å². The number of halogens is 1. The summed E-state index contributed by atoms with van der Waals surface area (Å²) in [7, 11) is 0. The molecule has 1 N–H and O–H groups in total. The number of aryl methyl sites for hydroxylation is 1. The number of nitrogens with zero attached hydrogens (tertiary/aromatic N) is 6. The number of nitrogens with one attached hydrogen (secondary N) is 1. The molecule has 0 spiro atoms. The van der Waals surface area contributed by atoms with E-state index in [4.69, 9.17) is 5.10 Å². The molecular weight excluding hydrogens is 382 g/mol. The maximum Gasteiger partial charge on any atom is 0.165 e. The average Bonchev–Trinajstić information content (AvgIpc) is 3.40. The zero-order valence-corrected chi connectivity index (χ0v) is 16.3. The van der Waals surface area contributed by atoms with Gasteiger partial charge in [0.1, 0.15) is 15.7 Å². The lowest BCUT2D eigenvalue weighted by atomic mass is 10.2. The first-order chi connectivity index (χ1) is 12.8. The van der Waals surface area contributed by atoms with Crippen molar-refractivity contribution in [3.05, 3.63) is 53.4 Å². The van der Waals surface area contributed by atoms with Gasteiger partial charge in [0.15, 0.2) is 5.82 Å². The van der Waals surface area contributed by atoms with Crippen molar-refractivity contribution in [3.63, 3.8) is 0 Å². The molecule has 0 saturated carbocycles. The number of fused-ring (bicyclic) bond motifs is 1. The Morgan fingerprint density at radius 1 is 1.19 bits per heavy atom. The first-order valence-corrected chi connectivity index (χ1v) is 9.32. The van der Waals surface area contributed by atoms with E-state index < -0.39 is 0 Å². The van der Waals surface area contributed by atoms with Crippen molar-refractivity contribution in [2.45, 2.75) is 20.0 Å². The number of imidazole rings is 1. The molecule has 0 amide bonds. The van der Waals surface area contributed by atoms with Crippen LogP contribution in [0.4, 0.5) is 0 Å². The molecule has 0 atom stereocenters. The van der Waals surface area contributed by atoms with Crippen LogP contribution in [-0.2, 0) is 13.1 Å². The number of hydrogen-bond acceptors (Lipinski definition) is 6. The molecule has 7 nitrogen and oxygen atoms in total. The van der Waals surface area contributed by atoms with Gasteiger partial charge in [0.25, 0.3) is 0 Å². The number of benzene rings is 1. The normalized spacial score (nSPS) is 13.2. The smallest absolute Gasteiger partial charge is 0.165 e. The van der Waals surface area contributed by atoms with Crippen molar-refractivity contribution < 1.29 is 0 Å². The summed E-state index contributed by atoms with van der Waals surface area (Å²) >= 11 is 1.60. The Morgan fingerprint density at radius 3 is 2.93 bits per heavy atom. The van der Waals surface area contributed by atoms with Gasteiger partial charge in [-0.2, -0.15) is 5.10 Å². The summed E-state index contributed by atoms with van der Waals surface area (Å²) in [5.41, 5.74) is 4.18. The molecule has 0 fully saturated rings. The van der Waals surface area contributed by atoms with Gasteiger partial charge in [0, 0.05) is 36.7 Å². The van der Waals surface area contributed by atoms with Crippen molar-refractivity contribution in [1.29, 1.82) is 0 Å². The Hall–Kier alpha value is -2.55. The van der Waals surface area contributed by atoms with Gasteiger partial charge in [-0.25, -0.2) is 4.98 Å². The van der Waals surface area contributed by atoms with Crippen molar-refractivity contribution >= 4 is 23.7 Å². The zero-order valence-electron chi connectivity index (χ0n) is 14.7.